The molecule has 2 unspecified atom stereocenters. The summed E-state index contributed by atoms with van der Waals surface area (Å²) in [6.07, 6.45) is 6.86. The Morgan fingerprint density at radius 1 is 0.722 bits per heavy atom. The number of allylic oxidation sites excluding steroid dienone is 2. The average Bonchev–Trinajstić information content (AvgIpc) is 3.58. The van der Waals surface area contributed by atoms with Crippen LogP contribution in [0, 0.1) is 0 Å². The second-order valence-electron chi connectivity index (χ2n) is 9.89. The van der Waals surface area contributed by atoms with Crippen molar-refractivity contribution in [2.75, 3.05) is 10.6 Å². The Balaban J connectivity index is 1.37. The van der Waals surface area contributed by atoms with E-state index in [4.69, 9.17) is 4.42 Å². The van der Waals surface area contributed by atoms with Gasteiger partial charge in [-0.3, -0.25) is 4.40 Å². The Hall–Kier alpha value is -4.70. The van der Waals surface area contributed by atoms with Crippen molar-refractivity contribution in [2.24, 2.45) is 0 Å². The molecule has 0 saturated carbocycles. The van der Waals surface area contributed by atoms with Crippen LogP contribution in [0.2, 0.25) is 0 Å². The third kappa shape index (κ3) is 2.24. The molecule has 0 bridgehead atoms. The highest BCUT2D eigenvalue weighted by molar-refractivity contribution is 6.30. The van der Waals surface area contributed by atoms with Crippen LogP contribution in [0.1, 0.15) is 5.56 Å². The Labute approximate surface area is 206 Å². The van der Waals surface area contributed by atoms with Crippen LogP contribution in [-0.2, 0) is 0 Å². The molecule has 9 rings (SSSR count). The van der Waals surface area contributed by atoms with E-state index in [1.807, 2.05) is 6.07 Å². The summed E-state index contributed by atoms with van der Waals surface area (Å²) in [4.78, 5) is 0. The maximum Gasteiger partial charge on any atom is 0.147 e. The molecule has 3 aromatic heterocycles. The summed E-state index contributed by atoms with van der Waals surface area (Å²) in [5.74, 6) is 1.10. The standard InChI is InChI=1S/C32H21N3O/c1-2-8-18(9-3-1)19-14-15-24-25(16-19)34-32-29(33-24)28-30-22(20-10-4-6-12-26(20)35(30)32)17-23-21-11-5-7-13-27(21)36-31(23)28/h1-17,24-25,33-34H. The first-order chi connectivity index (χ1) is 17.8. The van der Waals surface area contributed by atoms with Crippen molar-refractivity contribution < 1.29 is 4.42 Å². The highest BCUT2D eigenvalue weighted by Crippen LogP contribution is 2.50. The van der Waals surface area contributed by atoms with Crippen LogP contribution in [0.3, 0.4) is 0 Å². The fourth-order valence-corrected chi connectivity index (χ4v) is 6.37. The number of furan rings is 1. The summed E-state index contributed by atoms with van der Waals surface area (Å²) in [7, 11) is 0. The van der Waals surface area contributed by atoms with Crippen LogP contribution < -0.4 is 10.6 Å². The molecule has 170 valence electrons. The Morgan fingerprint density at radius 3 is 2.44 bits per heavy atom. The van der Waals surface area contributed by atoms with E-state index in [-0.39, 0.29) is 12.1 Å². The van der Waals surface area contributed by atoms with E-state index in [1.165, 1.54) is 38.3 Å². The number of hydrogen-bond acceptors (Lipinski definition) is 3. The maximum atomic E-state index is 6.53. The molecule has 2 aliphatic rings. The summed E-state index contributed by atoms with van der Waals surface area (Å²) in [6, 6.07) is 30.3. The minimum Gasteiger partial charge on any atom is -0.455 e. The van der Waals surface area contributed by atoms with Crippen molar-refractivity contribution in [2.45, 2.75) is 12.1 Å². The van der Waals surface area contributed by atoms with Gasteiger partial charge in [-0.2, -0.15) is 0 Å². The van der Waals surface area contributed by atoms with Crippen LogP contribution in [0.5, 0.6) is 0 Å². The van der Waals surface area contributed by atoms with E-state index >= 15 is 0 Å². The molecular formula is C32H21N3O. The molecule has 1 aliphatic heterocycles. The summed E-state index contributed by atoms with van der Waals surface area (Å²) in [5.41, 5.74) is 7.90. The van der Waals surface area contributed by atoms with Gasteiger partial charge in [-0.15, -0.1) is 0 Å². The lowest BCUT2D eigenvalue weighted by atomic mass is 9.92. The third-order valence-electron chi connectivity index (χ3n) is 7.96. The highest BCUT2D eigenvalue weighted by atomic mass is 16.3. The van der Waals surface area contributed by atoms with Gasteiger partial charge in [0, 0.05) is 21.5 Å². The molecule has 0 amide bonds. The predicted octanol–water partition coefficient (Wildman–Crippen LogP) is 7.81. The molecule has 0 fully saturated rings. The van der Waals surface area contributed by atoms with Crippen molar-refractivity contribution >= 4 is 66.2 Å². The van der Waals surface area contributed by atoms with Gasteiger partial charge >= 0.3 is 0 Å². The second-order valence-corrected chi connectivity index (χ2v) is 9.89. The molecule has 36 heavy (non-hydrogen) atoms. The van der Waals surface area contributed by atoms with Gasteiger partial charge in [0.1, 0.15) is 17.0 Å². The van der Waals surface area contributed by atoms with Gasteiger partial charge in [0.15, 0.2) is 0 Å². The average molecular weight is 464 g/mol. The number of para-hydroxylation sites is 2. The fraction of sp³-hybridized carbons (Fsp3) is 0.0625. The van der Waals surface area contributed by atoms with Crippen LogP contribution in [0.15, 0.2) is 108 Å². The molecule has 2 N–H and O–H groups in total. The summed E-state index contributed by atoms with van der Waals surface area (Å²) in [5, 5.41) is 13.8. The molecule has 0 radical (unpaired) electrons. The van der Waals surface area contributed by atoms with Crippen LogP contribution in [-0.4, -0.2) is 16.5 Å². The molecule has 7 aromatic rings. The van der Waals surface area contributed by atoms with E-state index in [2.05, 4.69) is 112 Å². The zero-order valence-electron chi connectivity index (χ0n) is 19.3. The minimum atomic E-state index is 0.139. The molecule has 4 nitrogen and oxygen atoms in total. The topological polar surface area (TPSA) is 41.6 Å². The minimum absolute atomic E-state index is 0.139. The van der Waals surface area contributed by atoms with Crippen molar-refractivity contribution in [3.8, 4) is 0 Å². The molecule has 4 heterocycles. The Kier molecular flexibility index (Phi) is 3.36. The highest BCUT2D eigenvalue weighted by Gasteiger charge is 2.34. The van der Waals surface area contributed by atoms with Gasteiger partial charge in [0.25, 0.3) is 0 Å². The fourth-order valence-electron chi connectivity index (χ4n) is 6.37. The third-order valence-corrected chi connectivity index (χ3v) is 7.96. The quantitative estimate of drug-likeness (QED) is 0.261. The van der Waals surface area contributed by atoms with Crippen LogP contribution in [0.25, 0.3) is 54.7 Å². The van der Waals surface area contributed by atoms with Gasteiger partial charge in [0.2, 0.25) is 0 Å². The number of nitrogens with one attached hydrogen (secondary N) is 2. The zero-order valence-corrected chi connectivity index (χ0v) is 19.3. The Bertz CT molecular complexity index is 2060. The molecule has 0 saturated heterocycles. The van der Waals surface area contributed by atoms with Gasteiger partial charge in [-0.25, -0.2) is 0 Å². The summed E-state index contributed by atoms with van der Waals surface area (Å²) >= 11 is 0. The van der Waals surface area contributed by atoms with E-state index in [1.54, 1.807) is 0 Å². The van der Waals surface area contributed by atoms with Gasteiger partial charge in [-0.1, -0.05) is 85.0 Å². The molecule has 1 aliphatic carbocycles. The lowest BCUT2D eigenvalue weighted by Gasteiger charge is -2.34. The largest absolute Gasteiger partial charge is 0.455 e. The van der Waals surface area contributed by atoms with E-state index in [9.17, 15) is 0 Å². The molecule has 4 heteroatoms. The first-order valence-electron chi connectivity index (χ1n) is 12.5. The van der Waals surface area contributed by atoms with Gasteiger partial charge < -0.3 is 15.1 Å². The first kappa shape index (κ1) is 18.6. The summed E-state index contributed by atoms with van der Waals surface area (Å²) < 4.78 is 8.92. The van der Waals surface area contributed by atoms with E-state index < -0.39 is 0 Å². The lowest BCUT2D eigenvalue weighted by Crippen LogP contribution is -2.42. The van der Waals surface area contributed by atoms with Crippen molar-refractivity contribution in [3.05, 3.63) is 109 Å². The van der Waals surface area contributed by atoms with Gasteiger partial charge in [-0.05, 0) is 29.3 Å². The number of fused-ring (bicyclic) bond motifs is 11. The van der Waals surface area contributed by atoms with Crippen molar-refractivity contribution in [1.29, 1.82) is 0 Å². The summed E-state index contributed by atoms with van der Waals surface area (Å²) in [6.45, 7) is 0. The second kappa shape index (κ2) is 6.49. The monoisotopic (exact) mass is 463 g/mol. The predicted molar refractivity (Wildman–Crippen MR) is 149 cm³/mol. The van der Waals surface area contributed by atoms with Crippen molar-refractivity contribution in [1.82, 2.24) is 4.40 Å². The van der Waals surface area contributed by atoms with Crippen molar-refractivity contribution in [3.63, 3.8) is 0 Å². The number of rotatable bonds is 1. The molecule has 4 aromatic carbocycles. The maximum absolute atomic E-state index is 6.53. The van der Waals surface area contributed by atoms with E-state index in [0.717, 1.165) is 33.4 Å². The number of benzene rings is 4. The first-order valence-corrected chi connectivity index (χ1v) is 12.5. The molecule has 2 atom stereocenters. The van der Waals surface area contributed by atoms with Gasteiger partial charge in [0.05, 0.1) is 34.2 Å². The molecular weight excluding hydrogens is 442 g/mol. The number of aromatic nitrogens is 1. The lowest BCUT2D eigenvalue weighted by molar-refractivity contribution is 0.672. The number of hydrogen-bond donors (Lipinski definition) is 2. The molecule has 0 spiro atoms. The SMILES string of the molecule is C1=CC2Nc3c(n4c5ccccc5c5cc6c7ccccc7oc6c3c54)NC2C=C1c1ccccc1. The zero-order chi connectivity index (χ0) is 23.4. The number of nitrogens with zero attached hydrogens (tertiary/aromatic N) is 1. The normalized spacial score (nSPS) is 19.1. The van der Waals surface area contributed by atoms with Crippen LogP contribution in [0.4, 0.5) is 11.5 Å². The Morgan fingerprint density at radius 2 is 1.53 bits per heavy atom. The van der Waals surface area contributed by atoms with Crippen LogP contribution >= 0.6 is 0 Å². The smallest absolute Gasteiger partial charge is 0.147 e. The number of anilines is 2. The van der Waals surface area contributed by atoms with E-state index in [0.29, 0.717) is 0 Å².